The number of hydrogen-bond acceptors (Lipinski definition) is 5. The highest BCUT2D eigenvalue weighted by atomic mass is 15.2. The van der Waals surface area contributed by atoms with Gasteiger partial charge in [0.15, 0.2) is 0 Å². The van der Waals surface area contributed by atoms with Crippen molar-refractivity contribution >= 4 is 5.95 Å². The first kappa shape index (κ1) is 14.4. The van der Waals surface area contributed by atoms with Crippen LogP contribution in [-0.4, -0.2) is 28.0 Å². The Balaban J connectivity index is 2.04. The molecule has 0 bridgehead atoms. The minimum Gasteiger partial charge on any atom is -0.335 e. The molecule has 20 heavy (non-hydrogen) atoms. The van der Waals surface area contributed by atoms with Crippen LogP contribution >= 0.6 is 0 Å². The van der Waals surface area contributed by atoms with E-state index in [4.69, 9.17) is 0 Å². The Morgan fingerprint density at radius 2 is 1.90 bits per heavy atom. The van der Waals surface area contributed by atoms with Crippen molar-refractivity contribution in [2.75, 3.05) is 18.0 Å². The van der Waals surface area contributed by atoms with Crippen LogP contribution in [0, 0.1) is 0 Å². The van der Waals surface area contributed by atoms with Crippen LogP contribution in [0.3, 0.4) is 0 Å². The Morgan fingerprint density at radius 1 is 1.10 bits per heavy atom. The second kappa shape index (κ2) is 7.55. The Bertz CT molecular complexity index is 497. The van der Waals surface area contributed by atoms with E-state index < -0.39 is 0 Å². The molecule has 0 amide bonds. The number of pyridine rings is 1. The Hall–Kier alpha value is -2.01. The first-order valence-corrected chi connectivity index (χ1v) is 7.00. The summed E-state index contributed by atoms with van der Waals surface area (Å²) in [6, 6.07) is 5.94. The maximum Gasteiger partial charge on any atom is 0.225 e. The standard InChI is InChI=1S/C15H21N5/c1-3-16-9-13-10-18-15(19-11-13)20(4-2)12-14-7-5-6-8-17-14/h5-8,10-11,16H,3-4,9,12H2,1-2H3. The molecule has 2 heterocycles. The van der Waals surface area contributed by atoms with Crippen LogP contribution in [0.5, 0.6) is 0 Å². The average molecular weight is 271 g/mol. The lowest BCUT2D eigenvalue weighted by Crippen LogP contribution is -2.25. The molecule has 0 fully saturated rings. The largest absolute Gasteiger partial charge is 0.335 e. The fourth-order valence-electron chi connectivity index (χ4n) is 1.88. The van der Waals surface area contributed by atoms with Gasteiger partial charge in [0.1, 0.15) is 0 Å². The lowest BCUT2D eigenvalue weighted by molar-refractivity contribution is 0.716. The molecule has 0 aromatic carbocycles. The molecule has 5 nitrogen and oxygen atoms in total. The molecule has 0 spiro atoms. The van der Waals surface area contributed by atoms with Crippen LogP contribution in [0.4, 0.5) is 5.95 Å². The van der Waals surface area contributed by atoms with Gasteiger partial charge in [-0.25, -0.2) is 9.97 Å². The summed E-state index contributed by atoms with van der Waals surface area (Å²) in [6.07, 6.45) is 5.57. The predicted octanol–water partition coefficient (Wildman–Crippen LogP) is 2.01. The lowest BCUT2D eigenvalue weighted by atomic mass is 10.3. The smallest absolute Gasteiger partial charge is 0.225 e. The fourth-order valence-corrected chi connectivity index (χ4v) is 1.88. The molecule has 0 aliphatic heterocycles. The van der Waals surface area contributed by atoms with Crippen molar-refractivity contribution in [2.24, 2.45) is 0 Å². The summed E-state index contributed by atoms with van der Waals surface area (Å²) in [5.41, 5.74) is 2.12. The van der Waals surface area contributed by atoms with Crippen LogP contribution in [0.1, 0.15) is 25.1 Å². The van der Waals surface area contributed by atoms with Gasteiger partial charge in [-0.1, -0.05) is 13.0 Å². The average Bonchev–Trinajstić information content (AvgIpc) is 2.52. The van der Waals surface area contributed by atoms with Crippen LogP contribution in [0.25, 0.3) is 0 Å². The molecule has 5 heteroatoms. The van der Waals surface area contributed by atoms with Crippen LogP contribution in [0.15, 0.2) is 36.8 Å². The Labute approximate surface area is 120 Å². The molecule has 0 unspecified atom stereocenters. The molecule has 0 aliphatic carbocycles. The second-order valence-corrected chi connectivity index (χ2v) is 4.51. The van der Waals surface area contributed by atoms with E-state index in [9.17, 15) is 0 Å². The van der Waals surface area contributed by atoms with Gasteiger partial charge in [0.25, 0.3) is 0 Å². The van der Waals surface area contributed by atoms with Gasteiger partial charge in [-0.2, -0.15) is 0 Å². The van der Waals surface area contributed by atoms with E-state index in [-0.39, 0.29) is 0 Å². The van der Waals surface area contributed by atoms with Crippen molar-refractivity contribution in [3.63, 3.8) is 0 Å². The highest BCUT2D eigenvalue weighted by molar-refractivity contribution is 5.30. The number of rotatable bonds is 7. The third-order valence-corrected chi connectivity index (χ3v) is 3.01. The zero-order valence-corrected chi connectivity index (χ0v) is 12.1. The van der Waals surface area contributed by atoms with Crippen molar-refractivity contribution in [1.29, 1.82) is 0 Å². The quantitative estimate of drug-likeness (QED) is 0.835. The van der Waals surface area contributed by atoms with E-state index in [2.05, 4.69) is 39.0 Å². The van der Waals surface area contributed by atoms with Crippen molar-refractivity contribution < 1.29 is 0 Å². The molecule has 0 aliphatic rings. The summed E-state index contributed by atoms with van der Waals surface area (Å²) in [5.74, 6) is 0.749. The van der Waals surface area contributed by atoms with Crippen molar-refractivity contribution in [3.05, 3.63) is 48.0 Å². The van der Waals surface area contributed by atoms with Gasteiger partial charge in [-0.05, 0) is 25.6 Å². The SMILES string of the molecule is CCNCc1cnc(N(CC)Cc2ccccn2)nc1. The zero-order chi connectivity index (χ0) is 14.2. The minimum atomic E-state index is 0.726. The monoisotopic (exact) mass is 271 g/mol. The molecule has 2 aromatic heterocycles. The second-order valence-electron chi connectivity index (χ2n) is 4.51. The summed E-state index contributed by atoms with van der Waals surface area (Å²) in [6.45, 7) is 7.51. The van der Waals surface area contributed by atoms with E-state index in [1.54, 1.807) is 0 Å². The third kappa shape index (κ3) is 3.99. The highest BCUT2D eigenvalue weighted by Crippen LogP contribution is 2.10. The highest BCUT2D eigenvalue weighted by Gasteiger charge is 2.08. The van der Waals surface area contributed by atoms with E-state index in [1.807, 2.05) is 36.8 Å². The zero-order valence-electron chi connectivity index (χ0n) is 12.1. The molecular formula is C15H21N5. The molecular weight excluding hydrogens is 250 g/mol. The van der Waals surface area contributed by atoms with E-state index in [1.165, 1.54) is 0 Å². The fraction of sp³-hybridized carbons (Fsp3) is 0.400. The first-order chi connectivity index (χ1) is 9.83. The van der Waals surface area contributed by atoms with Gasteiger partial charge < -0.3 is 10.2 Å². The van der Waals surface area contributed by atoms with Gasteiger partial charge in [0.2, 0.25) is 5.95 Å². The van der Waals surface area contributed by atoms with E-state index >= 15 is 0 Å². The van der Waals surface area contributed by atoms with E-state index in [0.717, 1.165) is 43.4 Å². The van der Waals surface area contributed by atoms with Gasteiger partial charge in [0.05, 0.1) is 12.2 Å². The van der Waals surface area contributed by atoms with Gasteiger partial charge >= 0.3 is 0 Å². The molecule has 0 radical (unpaired) electrons. The molecule has 2 rings (SSSR count). The first-order valence-electron chi connectivity index (χ1n) is 7.00. The number of aromatic nitrogens is 3. The van der Waals surface area contributed by atoms with Crippen LogP contribution in [0.2, 0.25) is 0 Å². The predicted molar refractivity (Wildman–Crippen MR) is 80.4 cm³/mol. The van der Waals surface area contributed by atoms with E-state index in [0.29, 0.717) is 0 Å². The van der Waals surface area contributed by atoms with Crippen LogP contribution < -0.4 is 10.2 Å². The third-order valence-electron chi connectivity index (χ3n) is 3.01. The maximum atomic E-state index is 4.45. The Kier molecular flexibility index (Phi) is 5.43. The van der Waals surface area contributed by atoms with Gasteiger partial charge in [-0.3, -0.25) is 4.98 Å². The van der Waals surface area contributed by atoms with Crippen molar-refractivity contribution in [3.8, 4) is 0 Å². The number of nitrogens with zero attached hydrogens (tertiary/aromatic N) is 4. The number of hydrogen-bond donors (Lipinski definition) is 1. The molecule has 106 valence electrons. The summed E-state index contributed by atoms with van der Waals surface area (Å²) < 4.78 is 0. The van der Waals surface area contributed by atoms with Gasteiger partial charge in [-0.15, -0.1) is 0 Å². The topological polar surface area (TPSA) is 53.9 Å². The number of nitrogens with one attached hydrogen (secondary N) is 1. The summed E-state index contributed by atoms with van der Waals surface area (Å²) in [4.78, 5) is 15.3. The minimum absolute atomic E-state index is 0.726. The summed E-state index contributed by atoms with van der Waals surface area (Å²) in [5, 5.41) is 3.26. The lowest BCUT2D eigenvalue weighted by Gasteiger charge is -2.20. The molecule has 0 saturated carbocycles. The molecule has 0 atom stereocenters. The van der Waals surface area contributed by atoms with Crippen molar-refractivity contribution in [1.82, 2.24) is 20.3 Å². The summed E-state index contributed by atoms with van der Waals surface area (Å²) >= 11 is 0. The Morgan fingerprint density at radius 3 is 2.50 bits per heavy atom. The van der Waals surface area contributed by atoms with Crippen molar-refractivity contribution in [2.45, 2.75) is 26.9 Å². The molecule has 0 saturated heterocycles. The molecule has 2 aromatic rings. The number of anilines is 1. The van der Waals surface area contributed by atoms with Crippen LogP contribution in [-0.2, 0) is 13.1 Å². The molecule has 1 N–H and O–H groups in total. The normalized spacial score (nSPS) is 10.5. The summed E-state index contributed by atoms with van der Waals surface area (Å²) in [7, 11) is 0. The van der Waals surface area contributed by atoms with Gasteiger partial charge in [0, 0.05) is 37.2 Å². The maximum absolute atomic E-state index is 4.45.